The van der Waals surface area contributed by atoms with E-state index in [-0.39, 0.29) is 49.2 Å². The molecule has 1 spiro atoms. The molecule has 1 saturated heterocycles. The van der Waals surface area contributed by atoms with Gasteiger partial charge in [-0.05, 0) is 78.7 Å². The number of amides is 3. The second-order valence-electron chi connectivity index (χ2n) is 15.0. The summed E-state index contributed by atoms with van der Waals surface area (Å²) in [6.07, 6.45) is -0.760. The third-order valence-corrected chi connectivity index (χ3v) is 13.8. The summed E-state index contributed by atoms with van der Waals surface area (Å²) in [6.45, 7) is 4.88. The van der Waals surface area contributed by atoms with E-state index in [2.05, 4.69) is 5.32 Å². The van der Waals surface area contributed by atoms with Crippen molar-refractivity contribution in [1.82, 2.24) is 4.90 Å². The minimum absolute atomic E-state index is 0.0598. The smallest absolute Gasteiger partial charge is 0.269 e. The number of rotatable bonds is 10. The maximum atomic E-state index is 16.5. The number of non-ortho nitro benzene ring substituents is 1. The van der Waals surface area contributed by atoms with Gasteiger partial charge in [0.25, 0.3) is 17.5 Å². The molecule has 0 saturated carbocycles. The fourth-order valence-electron chi connectivity index (χ4n) is 8.66. The van der Waals surface area contributed by atoms with Gasteiger partial charge in [-0.25, -0.2) is 0 Å². The van der Waals surface area contributed by atoms with Gasteiger partial charge in [-0.1, -0.05) is 43.3 Å². The summed E-state index contributed by atoms with van der Waals surface area (Å²) in [6, 6.07) is 25.1. The van der Waals surface area contributed by atoms with E-state index in [1.807, 2.05) is 24.3 Å². The highest BCUT2D eigenvalue weighted by molar-refractivity contribution is 6.72. The van der Waals surface area contributed by atoms with Crippen molar-refractivity contribution in [3.8, 4) is 5.75 Å². The number of nitrogens with zero attached hydrogens (tertiary/aromatic N) is 3. The molecule has 7 rings (SSSR count). The van der Waals surface area contributed by atoms with Gasteiger partial charge in [-0.2, -0.15) is 0 Å². The molecule has 1 fully saturated rings. The molecule has 0 radical (unpaired) electrons. The third-order valence-electron chi connectivity index (χ3n) is 11.3. The lowest BCUT2D eigenvalue weighted by atomic mass is 9.82. The van der Waals surface area contributed by atoms with E-state index in [1.165, 1.54) is 36.2 Å². The number of benzene rings is 4. The van der Waals surface area contributed by atoms with Crippen LogP contribution in [-0.2, 0) is 39.4 Å². The van der Waals surface area contributed by atoms with E-state index < -0.39 is 48.4 Å². The van der Waals surface area contributed by atoms with E-state index in [9.17, 15) is 29.6 Å². The highest BCUT2D eigenvalue weighted by Gasteiger charge is 2.67. The fraction of sp³-hybridized carbons (Fsp3) is 0.341. The number of ether oxygens (including phenoxy) is 2. The predicted octanol–water partition coefficient (Wildman–Crippen LogP) is 6.51. The van der Waals surface area contributed by atoms with Gasteiger partial charge in [0.15, 0.2) is 5.60 Å². The highest BCUT2D eigenvalue weighted by Crippen LogP contribution is 2.60. The monoisotopic (exact) mass is 766 g/mol. The van der Waals surface area contributed by atoms with E-state index in [4.69, 9.17) is 9.47 Å². The van der Waals surface area contributed by atoms with Crippen LogP contribution in [0, 0.1) is 16.0 Å². The number of carbonyl (C=O) groups excluding carboxylic acids is 3. The van der Waals surface area contributed by atoms with E-state index in [0.717, 1.165) is 11.1 Å². The number of nitrogens with one attached hydrogen (secondary N) is 1. The van der Waals surface area contributed by atoms with Gasteiger partial charge in [0, 0.05) is 47.0 Å². The van der Waals surface area contributed by atoms with Gasteiger partial charge in [0.1, 0.15) is 5.75 Å². The number of aliphatic hydroxyl groups excluding tert-OH is 1. The SMILES string of the molecule is COc1ccc(C(=O)Nc2ccc(CN3C(=O)[C@]4(O[C@H](CC(=O)N5Cc6ccccc6C[C@H]5CO)[C@@H]([Si](C)(C)F)[C@@H]4C)c4cc([N+](=O)[O-])ccc43)cc2)cc1. The molecule has 0 aliphatic carbocycles. The molecule has 0 bridgehead atoms. The Morgan fingerprint density at radius 1 is 1.05 bits per heavy atom. The summed E-state index contributed by atoms with van der Waals surface area (Å²) in [5.41, 5.74) is 1.51. The number of hydrogen-bond donors (Lipinski definition) is 2. The summed E-state index contributed by atoms with van der Waals surface area (Å²) in [5, 5.41) is 25.2. The quantitative estimate of drug-likeness (QED) is 0.0803. The first-order valence-corrected chi connectivity index (χ1v) is 21.2. The second kappa shape index (κ2) is 14.7. The minimum atomic E-state index is -3.67. The van der Waals surface area contributed by atoms with Gasteiger partial charge < -0.3 is 33.8 Å². The Labute approximate surface area is 319 Å². The average Bonchev–Trinajstić information content (AvgIpc) is 3.60. The Morgan fingerprint density at radius 3 is 2.38 bits per heavy atom. The summed E-state index contributed by atoms with van der Waals surface area (Å²) in [4.78, 5) is 56.4. The number of fused-ring (bicyclic) bond motifs is 3. The topological polar surface area (TPSA) is 152 Å². The Morgan fingerprint density at radius 2 is 1.75 bits per heavy atom. The molecule has 5 atom stereocenters. The maximum Gasteiger partial charge on any atom is 0.269 e. The summed E-state index contributed by atoms with van der Waals surface area (Å²) >= 11 is 0. The molecule has 55 heavy (non-hydrogen) atoms. The van der Waals surface area contributed by atoms with Gasteiger partial charge in [0.05, 0.1) is 49.4 Å². The van der Waals surface area contributed by atoms with Crippen LogP contribution in [-0.4, -0.2) is 66.9 Å². The van der Waals surface area contributed by atoms with Crippen LogP contribution in [0.1, 0.15) is 46.0 Å². The number of nitro benzene ring substituents is 1. The van der Waals surface area contributed by atoms with E-state index >= 15 is 4.11 Å². The molecule has 0 unspecified atom stereocenters. The molecular formula is C41H43FN4O8Si. The van der Waals surface area contributed by atoms with Crippen LogP contribution in [0.15, 0.2) is 91.0 Å². The Kier molecular flexibility index (Phi) is 10.1. The Balaban J connectivity index is 1.17. The Bertz CT molecular complexity index is 2140. The number of halogens is 1. The van der Waals surface area contributed by atoms with Crippen LogP contribution in [0.3, 0.4) is 0 Å². The summed E-state index contributed by atoms with van der Waals surface area (Å²) in [7, 11) is -2.12. The summed E-state index contributed by atoms with van der Waals surface area (Å²) < 4.78 is 28.4. The van der Waals surface area contributed by atoms with Crippen LogP contribution < -0.4 is 15.0 Å². The molecule has 14 heteroatoms. The predicted molar refractivity (Wildman–Crippen MR) is 206 cm³/mol. The first-order chi connectivity index (χ1) is 26.2. The van der Waals surface area contributed by atoms with E-state index in [1.54, 1.807) is 67.5 Å². The standard InChI is InChI=1S/C41H43FN4O8Si/c1-25-38(55(3,4)42)36(21-37(48)44-23-29-8-6-5-7-28(29)19-32(44)24-47)54-41(25)34-20-31(46(51)52)15-18-35(34)45(40(41)50)22-26-9-13-30(14-10-26)43-39(49)27-11-16-33(53-2)17-12-27/h5-18,20,25,32,36,38,47H,19,21-24H2,1-4H3,(H,43,49)/t25-,32-,36+,38-,41+/m0/s1. The molecule has 2 N–H and O–H groups in total. The molecule has 4 aromatic rings. The van der Waals surface area contributed by atoms with Crippen LogP contribution in [0.2, 0.25) is 18.6 Å². The van der Waals surface area contributed by atoms with Crippen LogP contribution in [0.5, 0.6) is 5.75 Å². The molecule has 286 valence electrons. The third kappa shape index (κ3) is 6.89. The minimum Gasteiger partial charge on any atom is -0.497 e. The first kappa shape index (κ1) is 37.9. The maximum absolute atomic E-state index is 16.5. The largest absolute Gasteiger partial charge is 0.497 e. The van der Waals surface area contributed by atoms with Crippen molar-refractivity contribution in [2.75, 3.05) is 23.9 Å². The van der Waals surface area contributed by atoms with Crippen molar-refractivity contribution < 1.29 is 38.0 Å². The fourth-order valence-corrected chi connectivity index (χ4v) is 11.2. The van der Waals surface area contributed by atoms with Gasteiger partial charge >= 0.3 is 0 Å². The zero-order valence-electron chi connectivity index (χ0n) is 31.0. The van der Waals surface area contributed by atoms with Crippen molar-refractivity contribution in [1.29, 1.82) is 0 Å². The lowest BCUT2D eigenvalue weighted by Crippen LogP contribution is -2.48. The van der Waals surface area contributed by atoms with Gasteiger partial charge in [0.2, 0.25) is 14.3 Å². The number of carbonyl (C=O) groups is 3. The van der Waals surface area contributed by atoms with E-state index in [0.29, 0.717) is 34.7 Å². The van der Waals surface area contributed by atoms with Crippen LogP contribution >= 0.6 is 0 Å². The number of methoxy groups -OCH3 is 1. The lowest BCUT2D eigenvalue weighted by molar-refractivity contribution is -0.385. The van der Waals surface area contributed by atoms with Gasteiger partial charge in [-0.15, -0.1) is 0 Å². The van der Waals surface area contributed by atoms with Gasteiger partial charge in [-0.3, -0.25) is 24.5 Å². The lowest BCUT2D eigenvalue weighted by Gasteiger charge is -2.37. The normalized spacial score (nSPS) is 23.1. The zero-order chi connectivity index (χ0) is 39.2. The highest BCUT2D eigenvalue weighted by atomic mass is 28.4. The molecule has 12 nitrogen and oxygen atoms in total. The summed E-state index contributed by atoms with van der Waals surface area (Å²) in [5.74, 6) is -1.28. The number of aliphatic hydroxyl groups is 1. The first-order valence-electron chi connectivity index (χ1n) is 18.2. The molecule has 4 aromatic carbocycles. The van der Waals surface area contributed by atoms with Crippen molar-refractivity contribution in [2.45, 2.75) is 69.2 Å². The molecule has 3 aliphatic heterocycles. The van der Waals surface area contributed by atoms with Crippen molar-refractivity contribution in [3.05, 3.63) is 129 Å². The molecule has 0 aromatic heterocycles. The second-order valence-corrected chi connectivity index (χ2v) is 18.8. The molecule has 3 aliphatic rings. The van der Waals surface area contributed by atoms with Crippen molar-refractivity contribution >= 4 is 43.2 Å². The molecule has 3 amide bonds. The number of anilines is 2. The molecule has 3 heterocycles. The molecular weight excluding hydrogens is 724 g/mol. The van der Waals surface area contributed by atoms with Crippen molar-refractivity contribution in [3.63, 3.8) is 0 Å². The van der Waals surface area contributed by atoms with Crippen LogP contribution in [0.25, 0.3) is 0 Å². The van der Waals surface area contributed by atoms with Crippen LogP contribution in [0.4, 0.5) is 21.2 Å². The Hall–Kier alpha value is -5.44. The zero-order valence-corrected chi connectivity index (χ0v) is 32.0. The average molecular weight is 767 g/mol. The van der Waals surface area contributed by atoms with Crippen molar-refractivity contribution in [2.24, 2.45) is 5.92 Å². The number of nitro groups is 1. The number of hydrogen-bond acceptors (Lipinski definition) is 8.